The molecule has 0 aliphatic carbocycles. The Bertz CT molecular complexity index is 441. The fourth-order valence-corrected chi connectivity index (χ4v) is 1.35. The second-order valence-electron chi connectivity index (χ2n) is 3.15. The highest BCUT2D eigenvalue weighted by Crippen LogP contribution is 2.14. The predicted octanol–water partition coefficient (Wildman–Crippen LogP) is 0.588. The van der Waals surface area contributed by atoms with Gasteiger partial charge in [0.05, 0.1) is 11.0 Å². The third-order valence-corrected chi connectivity index (χ3v) is 2.18. The molecule has 0 saturated heterocycles. The summed E-state index contributed by atoms with van der Waals surface area (Å²) in [7, 11) is 0. The van der Waals surface area contributed by atoms with Gasteiger partial charge in [0.15, 0.2) is 0 Å². The van der Waals surface area contributed by atoms with E-state index in [9.17, 15) is 0 Å². The summed E-state index contributed by atoms with van der Waals surface area (Å²) in [5, 5.41) is 0. The molecule has 0 spiro atoms. The molecule has 2 aromatic rings. The third-order valence-electron chi connectivity index (χ3n) is 2.18. The number of hydrogen-bond donors (Lipinski definition) is 2. The summed E-state index contributed by atoms with van der Waals surface area (Å²) in [6.45, 7) is 0.436. The van der Waals surface area contributed by atoms with Gasteiger partial charge < -0.3 is 11.5 Å². The standard InChI is InChI=1S/C10H12N4/c11-6-8(12)7-1-2-9-10(5-7)14-4-3-13-9/h1-5,8H,6,11-12H2/t8-/m1/s1. The zero-order valence-corrected chi connectivity index (χ0v) is 7.72. The van der Waals surface area contributed by atoms with Gasteiger partial charge in [-0.3, -0.25) is 9.97 Å². The van der Waals surface area contributed by atoms with Crippen molar-refractivity contribution in [1.29, 1.82) is 0 Å². The average molecular weight is 188 g/mol. The summed E-state index contributed by atoms with van der Waals surface area (Å²) in [6, 6.07) is 5.66. The van der Waals surface area contributed by atoms with Gasteiger partial charge in [0, 0.05) is 25.0 Å². The van der Waals surface area contributed by atoms with Gasteiger partial charge in [0.25, 0.3) is 0 Å². The van der Waals surface area contributed by atoms with Crippen LogP contribution in [0.15, 0.2) is 30.6 Å². The molecule has 0 fully saturated rings. The normalized spacial score (nSPS) is 13.0. The maximum absolute atomic E-state index is 5.81. The van der Waals surface area contributed by atoms with Crippen molar-refractivity contribution in [3.05, 3.63) is 36.2 Å². The van der Waals surface area contributed by atoms with Crippen molar-refractivity contribution in [1.82, 2.24) is 9.97 Å². The van der Waals surface area contributed by atoms with Crippen molar-refractivity contribution in [3.63, 3.8) is 0 Å². The first-order chi connectivity index (χ1) is 6.81. The molecule has 0 bridgehead atoms. The second kappa shape index (κ2) is 3.69. The minimum absolute atomic E-state index is 0.124. The Hall–Kier alpha value is -1.52. The number of benzene rings is 1. The van der Waals surface area contributed by atoms with Crippen LogP contribution >= 0.6 is 0 Å². The average Bonchev–Trinajstić information content (AvgIpc) is 2.27. The lowest BCUT2D eigenvalue weighted by molar-refractivity contribution is 0.738. The van der Waals surface area contributed by atoms with E-state index in [0.717, 1.165) is 16.6 Å². The van der Waals surface area contributed by atoms with Crippen molar-refractivity contribution >= 4 is 11.0 Å². The maximum atomic E-state index is 5.81. The first kappa shape index (κ1) is 9.05. The SMILES string of the molecule is NC[C@@H](N)c1ccc2nccnc2c1. The molecule has 0 unspecified atom stereocenters. The Morgan fingerprint density at radius 3 is 2.57 bits per heavy atom. The van der Waals surface area contributed by atoms with Gasteiger partial charge in [-0.15, -0.1) is 0 Å². The summed E-state index contributed by atoms with van der Waals surface area (Å²) in [4.78, 5) is 8.37. The van der Waals surface area contributed by atoms with Gasteiger partial charge in [-0.2, -0.15) is 0 Å². The summed E-state index contributed by atoms with van der Waals surface area (Å²) < 4.78 is 0. The first-order valence-corrected chi connectivity index (χ1v) is 4.47. The first-order valence-electron chi connectivity index (χ1n) is 4.47. The van der Waals surface area contributed by atoms with Crippen LogP contribution in [0.1, 0.15) is 11.6 Å². The Kier molecular flexibility index (Phi) is 2.39. The van der Waals surface area contributed by atoms with E-state index in [2.05, 4.69) is 9.97 Å². The molecule has 1 atom stereocenters. The Morgan fingerprint density at radius 1 is 1.14 bits per heavy atom. The molecule has 4 N–H and O–H groups in total. The number of nitrogens with two attached hydrogens (primary N) is 2. The van der Waals surface area contributed by atoms with Gasteiger partial charge in [-0.25, -0.2) is 0 Å². The molecule has 0 saturated carbocycles. The summed E-state index contributed by atoms with van der Waals surface area (Å²) in [5.41, 5.74) is 14.0. The lowest BCUT2D eigenvalue weighted by Gasteiger charge is -2.08. The molecule has 0 amide bonds. The van der Waals surface area contributed by atoms with Crippen LogP contribution in [-0.4, -0.2) is 16.5 Å². The van der Waals surface area contributed by atoms with Crippen molar-refractivity contribution in [2.45, 2.75) is 6.04 Å². The minimum atomic E-state index is -0.124. The molecular formula is C10H12N4. The highest BCUT2D eigenvalue weighted by molar-refractivity contribution is 5.74. The van der Waals surface area contributed by atoms with E-state index in [1.165, 1.54) is 0 Å². The Morgan fingerprint density at radius 2 is 1.86 bits per heavy atom. The van der Waals surface area contributed by atoms with Crippen LogP contribution in [0.5, 0.6) is 0 Å². The van der Waals surface area contributed by atoms with Crippen LogP contribution in [0.4, 0.5) is 0 Å². The third kappa shape index (κ3) is 1.57. The molecule has 72 valence electrons. The van der Waals surface area contributed by atoms with E-state index in [0.29, 0.717) is 6.54 Å². The lowest BCUT2D eigenvalue weighted by atomic mass is 10.1. The summed E-state index contributed by atoms with van der Waals surface area (Å²) >= 11 is 0. The van der Waals surface area contributed by atoms with Gasteiger partial charge in [-0.1, -0.05) is 6.07 Å². The van der Waals surface area contributed by atoms with Crippen LogP contribution < -0.4 is 11.5 Å². The zero-order valence-electron chi connectivity index (χ0n) is 7.72. The topological polar surface area (TPSA) is 77.8 Å². The van der Waals surface area contributed by atoms with Crippen molar-refractivity contribution in [2.75, 3.05) is 6.54 Å². The molecule has 1 aromatic heterocycles. The van der Waals surface area contributed by atoms with E-state index in [1.807, 2.05) is 18.2 Å². The number of fused-ring (bicyclic) bond motifs is 1. The molecule has 1 heterocycles. The highest BCUT2D eigenvalue weighted by Gasteiger charge is 2.04. The van der Waals surface area contributed by atoms with Crippen LogP contribution in [-0.2, 0) is 0 Å². The molecule has 0 aliphatic rings. The number of nitrogens with zero attached hydrogens (tertiary/aromatic N) is 2. The molecule has 0 radical (unpaired) electrons. The Labute approximate surface area is 82.0 Å². The monoisotopic (exact) mass is 188 g/mol. The van der Waals surface area contributed by atoms with Crippen LogP contribution in [0.25, 0.3) is 11.0 Å². The molecule has 14 heavy (non-hydrogen) atoms. The lowest BCUT2D eigenvalue weighted by Crippen LogP contribution is -2.20. The smallest absolute Gasteiger partial charge is 0.0890 e. The quantitative estimate of drug-likeness (QED) is 0.723. The van der Waals surface area contributed by atoms with Crippen molar-refractivity contribution in [2.24, 2.45) is 11.5 Å². The molecular weight excluding hydrogens is 176 g/mol. The summed E-state index contributed by atoms with van der Waals surface area (Å²) in [5.74, 6) is 0. The molecule has 4 nitrogen and oxygen atoms in total. The molecule has 1 aromatic carbocycles. The number of aromatic nitrogens is 2. The predicted molar refractivity (Wildman–Crippen MR) is 55.5 cm³/mol. The van der Waals surface area contributed by atoms with E-state index < -0.39 is 0 Å². The van der Waals surface area contributed by atoms with Gasteiger partial charge in [-0.05, 0) is 17.7 Å². The van der Waals surface area contributed by atoms with E-state index in [4.69, 9.17) is 11.5 Å². The fourth-order valence-electron chi connectivity index (χ4n) is 1.35. The highest BCUT2D eigenvalue weighted by atomic mass is 14.8. The maximum Gasteiger partial charge on any atom is 0.0890 e. The molecule has 4 heteroatoms. The van der Waals surface area contributed by atoms with E-state index >= 15 is 0 Å². The second-order valence-corrected chi connectivity index (χ2v) is 3.15. The number of hydrogen-bond acceptors (Lipinski definition) is 4. The van der Waals surface area contributed by atoms with Crippen molar-refractivity contribution < 1.29 is 0 Å². The van der Waals surface area contributed by atoms with Crippen LogP contribution in [0, 0.1) is 0 Å². The molecule has 2 rings (SSSR count). The van der Waals surface area contributed by atoms with E-state index in [-0.39, 0.29) is 6.04 Å². The van der Waals surface area contributed by atoms with Crippen LogP contribution in [0.2, 0.25) is 0 Å². The number of rotatable bonds is 2. The van der Waals surface area contributed by atoms with Crippen LogP contribution in [0.3, 0.4) is 0 Å². The van der Waals surface area contributed by atoms with Gasteiger partial charge in [0.2, 0.25) is 0 Å². The largest absolute Gasteiger partial charge is 0.329 e. The molecule has 0 aliphatic heterocycles. The fraction of sp³-hybridized carbons (Fsp3) is 0.200. The minimum Gasteiger partial charge on any atom is -0.329 e. The van der Waals surface area contributed by atoms with Crippen molar-refractivity contribution in [3.8, 4) is 0 Å². The van der Waals surface area contributed by atoms with Gasteiger partial charge in [0.1, 0.15) is 0 Å². The Balaban J connectivity index is 2.51. The van der Waals surface area contributed by atoms with Gasteiger partial charge >= 0.3 is 0 Å². The summed E-state index contributed by atoms with van der Waals surface area (Å²) in [6.07, 6.45) is 3.34. The van der Waals surface area contributed by atoms with E-state index in [1.54, 1.807) is 12.4 Å². The zero-order chi connectivity index (χ0) is 9.97.